The zero-order chi connectivity index (χ0) is 40.1. The van der Waals surface area contributed by atoms with Crippen molar-refractivity contribution in [3.63, 3.8) is 0 Å². The molecule has 0 radical (unpaired) electrons. The van der Waals surface area contributed by atoms with Gasteiger partial charge < -0.3 is 25.4 Å². The number of anilines is 1. The summed E-state index contributed by atoms with van der Waals surface area (Å²) in [7, 11) is 1.27. The topological polar surface area (TPSA) is 106 Å². The number of hydrogen-bond acceptors (Lipinski definition) is 5. The van der Waals surface area contributed by atoms with Crippen molar-refractivity contribution in [1.29, 1.82) is 0 Å². The average Bonchev–Trinajstić information content (AvgIpc) is 3.80. The zero-order valence-corrected chi connectivity index (χ0v) is 29.8. The Kier molecular flexibility index (Phi) is 10.5. The molecular formula is C40H37F8N3O5. The van der Waals surface area contributed by atoms with Crippen molar-refractivity contribution >= 4 is 23.6 Å². The van der Waals surface area contributed by atoms with E-state index in [-0.39, 0.29) is 46.0 Å². The Morgan fingerprint density at radius 1 is 0.821 bits per heavy atom. The molecule has 3 amide bonds. The summed E-state index contributed by atoms with van der Waals surface area (Å²) in [6.07, 6.45) is -6.81. The molecule has 0 saturated heterocycles. The minimum Gasteiger partial charge on any atom is -0.496 e. The molecule has 4 saturated carbocycles. The molecule has 0 spiro atoms. The number of allylic oxidation sites excluding steroid dienone is 1. The third-order valence-electron chi connectivity index (χ3n) is 11.1. The van der Waals surface area contributed by atoms with Gasteiger partial charge in [0.1, 0.15) is 17.4 Å². The number of alkyl carbamates (subject to hydrolysis) is 1. The monoisotopic (exact) mass is 791 g/mol. The molecule has 3 N–H and O–H groups in total. The summed E-state index contributed by atoms with van der Waals surface area (Å²) < 4.78 is 122. The van der Waals surface area contributed by atoms with Crippen LogP contribution in [0.5, 0.6) is 5.75 Å². The van der Waals surface area contributed by atoms with E-state index >= 15 is 4.39 Å². The summed E-state index contributed by atoms with van der Waals surface area (Å²) in [4.78, 5) is 40.3. The molecule has 4 aliphatic rings. The quantitative estimate of drug-likeness (QED) is 0.140. The first-order valence-electron chi connectivity index (χ1n) is 18.2. The maximum absolute atomic E-state index is 15.4. The SMILES string of the molecule is COc1ccc(-c2cc(C(OC(=O)NC3CCC3)C(F)(F)F)ccc2F)cc1C(=O)NC1C2CCC(/C2=C/C2CC2)[C@@H]1C(=O)Nc1ccc(F)c(C(F)(F)F)c1. The van der Waals surface area contributed by atoms with Gasteiger partial charge in [0.25, 0.3) is 5.91 Å². The summed E-state index contributed by atoms with van der Waals surface area (Å²) in [5.41, 5.74) is -1.90. The molecule has 298 valence electrons. The molecule has 4 aliphatic carbocycles. The molecule has 8 nitrogen and oxygen atoms in total. The van der Waals surface area contributed by atoms with Gasteiger partial charge in [0.2, 0.25) is 12.0 Å². The lowest BCUT2D eigenvalue weighted by Crippen LogP contribution is -2.48. The highest BCUT2D eigenvalue weighted by Crippen LogP contribution is 2.54. The van der Waals surface area contributed by atoms with Crippen molar-refractivity contribution in [3.8, 4) is 16.9 Å². The highest BCUT2D eigenvalue weighted by molar-refractivity contribution is 6.00. The first kappa shape index (κ1) is 39.1. The van der Waals surface area contributed by atoms with Crippen LogP contribution in [0.25, 0.3) is 11.1 Å². The Morgan fingerprint density at radius 2 is 1.54 bits per heavy atom. The first-order chi connectivity index (χ1) is 26.5. The predicted molar refractivity (Wildman–Crippen MR) is 186 cm³/mol. The fraction of sp³-hybridized carbons (Fsp3) is 0.425. The van der Waals surface area contributed by atoms with Gasteiger partial charge in [0.05, 0.1) is 24.2 Å². The Morgan fingerprint density at radius 3 is 2.18 bits per heavy atom. The van der Waals surface area contributed by atoms with E-state index in [1.54, 1.807) is 0 Å². The Bertz CT molecular complexity index is 2060. The maximum atomic E-state index is 15.4. The van der Waals surface area contributed by atoms with Gasteiger partial charge in [-0.3, -0.25) is 9.59 Å². The lowest BCUT2D eigenvalue weighted by atomic mass is 9.83. The maximum Gasteiger partial charge on any atom is 0.429 e. The lowest BCUT2D eigenvalue weighted by molar-refractivity contribution is -0.206. The van der Waals surface area contributed by atoms with Crippen LogP contribution in [0.3, 0.4) is 0 Å². The molecule has 4 unspecified atom stereocenters. The van der Waals surface area contributed by atoms with E-state index in [9.17, 15) is 45.1 Å². The van der Waals surface area contributed by atoms with Crippen LogP contribution in [-0.4, -0.2) is 43.3 Å². The Balaban J connectivity index is 1.17. The molecule has 0 heterocycles. The summed E-state index contributed by atoms with van der Waals surface area (Å²) in [6.45, 7) is 0. The van der Waals surface area contributed by atoms with Gasteiger partial charge in [0.15, 0.2) is 0 Å². The molecule has 5 atom stereocenters. The van der Waals surface area contributed by atoms with Gasteiger partial charge in [-0.25, -0.2) is 13.6 Å². The lowest BCUT2D eigenvalue weighted by Gasteiger charge is -2.30. The third kappa shape index (κ3) is 8.05. The number of methoxy groups -OCH3 is 1. The highest BCUT2D eigenvalue weighted by Gasteiger charge is 2.55. The largest absolute Gasteiger partial charge is 0.496 e. The van der Waals surface area contributed by atoms with Crippen LogP contribution in [0.2, 0.25) is 0 Å². The van der Waals surface area contributed by atoms with Crippen LogP contribution < -0.4 is 20.7 Å². The number of carbonyl (C=O) groups excluding carboxylic acids is 3. The predicted octanol–water partition coefficient (Wildman–Crippen LogP) is 9.27. The second-order valence-electron chi connectivity index (χ2n) is 14.8. The fourth-order valence-corrected chi connectivity index (χ4v) is 8.00. The first-order valence-corrected chi connectivity index (χ1v) is 18.2. The van der Waals surface area contributed by atoms with Crippen molar-refractivity contribution in [2.45, 2.75) is 75.5 Å². The number of ether oxygens (including phenoxy) is 2. The van der Waals surface area contributed by atoms with Crippen LogP contribution in [0.4, 0.5) is 45.6 Å². The van der Waals surface area contributed by atoms with E-state index in [2.05, 4.69) is 22.0 Å². The van der Waals surface area contributed by atoms with Crippen LogP contribution in [0, 0.1) is 35.3 Å². The molecule has 0 aromatic heterocycles. The van der Waals surface area contributed by atoms with Gasteiger partial charge in [-0.05, 0) is 105 Å². The van der Waals surface area contributed by atoms with E-state index in [1.165, 1.54) is 25.3 Å². The van der Waals surface area contributed by atoms with E-state index in [1.807, 2.05) is 0 Å². The van der Waals surface area contributed by atoms with Crippen molar-refractivity contribution < 1.29 is 59.0 Å². The third-order valence-corrected chi connectivity index (χ3v) is 11.1. The van der Waals surface area contributed by atoms with Gasteiger partial charge in [0, 0.05) is 34.8 Å². The van der Waals surface area contributed by atoms with Gasteiger partial charge in [-0.1, -0.05) is 23.8 Å². The van der Waals surface area contributed by atoms with Crippen LogP contribution >= 0.6 is 0 Å². The second kappa shape index (κ2) is 15.1. The number of halogens is 8. The van der Waals surface area contributed by atoms with Crippen molar-refractivity contribution in [2.24, 2.45) is 23.7 Å². The van der Waals surface area contributed by atoms with Crippen LogP contribution in [-0.2, 0) is 15.7 Å². The Hall–Kier alpha value is -5.15. The standard InChI is InChI=1S/C40H37F8N3O5/c1-55-32-14-8-20(26-17-21(7-12-30(26)41)35(40(46,47)48)56-38(54)50-22-3-2-4-22)16-28(32)36(52)51-34-25-11-10-24(27(25)15-19-5-6-19)33(34)37(53)49-23-9-13-31(42)29(18-23)39(43,44)45/h7-9,12-19,22,24-25,33-35H,2-6,10-11H2,1H3,(H,49,53)(H,50,54)(H,51,52)/b27-15-/t24?,25?,33-,34?,35?/m0/s1. The number of alkyl halides is 6. The van der Waals surface area contributed by atoms with E-state index in [0.29, 0.717) is 43.7 Å². The van der Waals surface area contributed by atoms with E-state index in [4.69, 9.17) is 9.47 Å². The summed E-state index contributed by atoms with van der Waals surface area (Å²) in [5.74, 6) is -5.08. The molecule has 56 heavy (non-hydrogen) atoms. The molecule has 3 aromatic carbocycles. The number of fused-ring (bicyclic) bond motifs is 2. The summed E-state index contributed by atoms with van der Waals surface area (Å²) in [5, 5.41) is 7.78. The minimum absolute atomic E-state index is 0.0107. The zero-order valence-electron chi connectivity index (χ0n) is 29.8. The normalized spacial score (nSPS) is 23.3. The fourth-order valence-electron chi connectivity index (χ4n) is 8.00. The van der Waals surface area contributed by atoms with Gasteiger partial charge in [-0.15, -0.1) is 0 Å². The van der Waals surface area contributed by atoms with Gasteiger partial charge in [-0.2, -0.15) is 26.3 Å². The molecule has 2 bridgehead atoms. The van der Waals surface area contributed by atoms with Crippen molar-refractivity contribution in [3.05, 3.63) is 94.6 Å². The summed E-state index contributed by atoms with van der Waals surface area (Å²) in [6, 6.07) is 7.43. The number of benzene rings is 3. The van der Waals surface area contributed by atoms with Crippen molar-refractivity contribution in [1.82, 2.24) is 10.6 Å². The van der Waals surface area contributed by atoms with Crippen LogP contribution in [0.1, 0.15) is 72.5 Å². The van der Waals surface area contributed by atoms with Crippen LogP contribution in [0.15, 0.2) is 66.2 Å². The highest BCUT2D eigenvalue weighted by atomic mass is 19.4. The number of hydrogen-bond donors (Lipinski definition) is 3. The molecule has 0 aliphatic heterocycles. The minimum atomic E-state index is -5.05. The smallest absolute Gasteiger partial charge is 0.429 e. The molecule has 3 aromatic rings. The van der Waals surface area contributed by atoms with Crippen molar-refractivity contribution in [2.75, 3.05) is 12.4 Å². The average molecular weight is 792 g/mol. The summed E-state index contributed by atoms with van der Waals surface area (Å²) >= 11 is 0. The van der Waals surface area contributed by atoms with Gasteiger partial charge >= 0.3 is 18.4 Å². The molecular weight excluding hydrogens is 754 g/mol. The number of carbonyl (C=O) groups is 3. The number of nitrogens with one attached hydrogen (secondary N) is 3. The Labute approximate surface area is 316 Å². The molecule has 16 heteroatoms. The van der Waals surface area contributed by atoms with E-state index in [0.717, 1.165) is 49.1 Å². The molecule has 4 fully saturated rings. The van der Waals surface area contributed by atoms with E-state index < -0.39 is 71.1 Å². The number of amides is 3. The molecule has 7 rings (SSSR count). The second-order valence-corrected chi connectivity index (χ2v) is 14.8. The number of rotatable bonds is 10.